The molecule has 7 heteroatoms. The molecular weight excluding hydrogens is 454 g/mol. The zero-order valence-electron chi connectivity index (χ0n) is 19.7. The monoisotopic (exact) mass is 481 g/mol. The van der Waals surface area contributed by atoms with Crippen LogP contribution in [0.5, 0.6) is 11.5 Å². The third kappa shape index (κ3) is 4.30. The van der Waals surface area contributed by atoms with E-state index < -0.39 is 11.9 Å². The maximum atomic E-state index is 13.7. The standard InChI is InChI=1S/C27H28ClNO5/c1-5-34-27(31)23-15(2)29-20-13-17(16-9-11-18(28)12-10-16)14-21(30)25(20)24(23)19-7-6-8-22(32-3)26(19)33-4/h6-12,17,24,29H,5,13-14H2,1-4H3/t17-,24-/m1/s1. The largest absolute Gasteiger partial charge is 0.493 e. The molecule has 2 aromatic carbocycles. The lowest BCUT2D eigenvalue weighted by molar-refractivity contribution is -0.138. The van der Waals surface area contributed by atoms with Crippen LogP contribution in [0.25, 0.3) is 0 Å². The number of esters is 1. The van der Waals surface area contributed by atoms with Gasteiger partial charge in [-0.05, 0) is 49.9 Å². The summed E-state index contributed by atoms with van der Waals surface area (Å²) in [6.45, 7) is 3.83. The fourth-order valence-electron chi connectivity index (χ4n) is 4.94. The van der Waals surface area contributed by atoms with E-state index in [1.807, 2.05) is 43.3 Å². The van der Waals surface area contributed by atoms with E-state index >= 15 is 0 Å². The predicted molar refractivity (Wildman–Crippen MR) is 130 cm³/mol. The Morgan fingerprint density at radius 3 is 2.47 bits per heavy atom. The molecule has 178 valence electrons. The molecule has 0 radical (unpaired) electrons. The van der Waals surface area contributed by atoms with Crippen molar-refractivity contribution < 1.29 is 23.8 Å². The molecule has 1 heterocycles. The third-order valence-corrected chi connectivity index (χ3v) is 6.66. The molecule has 2 aliphatic rings. The SMILES string of the molecule is CCOC(=O)C1=C(C)NC2=C(C(=O)C[C@H](c3ccc(Cl)cc3)C2)[C@@H]1c1cccc(OC)c1OC. The van der Waals surface area contributed by atoms with Gasteiger partial charge in [0, 0.05) is 34.0 Å². The summed E-state index contributed by atoms with van der Waals surface area (Å²) in [4.78, 5) is 26.8. The molecule has 0 spiro atoms. The molecule has 0 fully saturated rings. The Hall–Kier alpha value is -3.25. The number of Topliss-reactive ketones (excluding diaryl/α,β-unsaturated/α-hetero) is 1. The van der Waals surface area contributed by atoms with Crippen LogP contribution in [0, 0.1) is 0 Å². The van der Waals surface area contributed by atoms with Gasteiger partial charge in [-0.1, -0.05) is 35.9 Å². The summed E-state index contributed by atoms with van der Waals surface area (Å²) in [6.07, 6.45) is 0.971. The lowest BCUT2D eigenvalue weighted by Crippen LogP contribution is -2.36. The normalized spacial score (nSPS) is 20.0. The first kappa shape index (κ1) is 23.9. The van der Waals surface area contributed by atoms with E-state index in [0.717, 1.165) is 11.3 Å². The second-order valence-corrected chi connectivity index (χ2v) is 8.81. The first-order valence-electron chi connectivity index (χ1n) is 11.3. The highest BCUT2D eigenvalue weighted by molar-refractivity contribution is 6.30. The van der Waals surface area contributed by atoms with E-state index in [2.05, 4.69) is 5.32 Å². The second kappa shape index (κ2) is 9.94. The molecule has 6 nitrogen and oxygen atoms in total. The number of hydrogen-bond donors (Lipinski definition) is 1. The van der Waals surface area contributed by atoms with Crippen LogP contribution in [0.4, 0.5) is 0 Å². The highest BCUT2D eigenvalue weighted by Crippen LogP contribution is 2.49. The lowest BCUT2D eigenvalue weighted by atomic mass is 9.71. The van der Waals surface area contributed by atoms with Crippen molar-refractivity contribution in [3.8, 4) is 11.5 Å². The zero-order valence-corrected chi connectivity index (χ0v) is 20.5. The van der Waals surface area contributed by atoms with E-state index in [0.29, 0.717) is 51.8 Å². The first-order chi connectivity index (χ1) is 16.4. The maximum Gasteiger partial charge on any atom is 0.336 e. The fraction of sp³-hybridized carbons (Fsp3) is 0.333. The molecule has 0 saturated carbocycles. The Kier molecular flexibility index (Phi) is 6.98. The van der Waals surface area contributed by atoms with Gasteiger partial charge in [0.25, 0.3) is 0 Å². The number of allylic oxidation sites excluding steroid dienone is 3. The second-order valence-electron chi connectivity index (χ2n) is 8.37. The minimum absolute atomic E-state index is 0.0146. The maximum absolute atomic E-state index is 13.7. The zero-order chi connectivity index (χ0) is 24.4. The molecular formula is C27H28ClNO5. The number of rotatable bonds is 6. The lowest BCUT2D eigenvalue weighted by Gasteiger charge is -2.37. The average Bonchev–Trinajstić information content (AvgIpc) is 2.82. The van der Waals surface area contributed by atoms with Gasteiger partial charge in [0.05, 0.1) is 32.3 Å². The van der Waals surface area contributed by atoms with Crippen molar-refractivity contribution in [2.24, 2.45) is 0 Å². The van der Waals surface area contributed by atoms with Gasteiger partial charge >= 0.3 is 5.97 Å². The molecule has 0 aromatic heterocycles. The topological polar surface area (TPSA) is 73.9 Å². The van der Waals surface area contributed by atoms with Crippen LogP contribution in [0.2, 0.25) is 5.02 Å². The van der Waals surface area contributed by atoms with Crippen molar-refractivity contribution in [2.75, 3.05) is 20.8 Å². The van der Waals surface area contributed by atoms with Crippen molar-refractivity contribution in [3.05, 3.63) is 81.2 Å². The number of carbonyl (C=O) groups excluding carboxylic acids is 2. The summed E-state index contributed by atoms with van der Waals surface area (Å²) in [6, 6.07) is 13.1. The average molecular weight is 482 g/mol. The Morgan fingerprint density at radius 2 is 1.82 bits per heavy atom. The number of benzene rings is 2. The van der Waals surface area contributed by atoms with E-state index in [4.69, 9.17) is 25.8 Å². The molecule has 34 heavy (non-hydrogen) atoms. The number of nitrogens with one attached hydrogen (secondary N) is 1. The van der Waals surface area contributed by atoms with Gasteiger partial charge < -0.3 is 19.5 Å². The van der Waals surface area contributed by atoms with Crippen LogP contribution < -0.4 is 14.8 Å². The highest BCUT2D eigenvalue weighted by atomic mass is 35.5. The van der Waals surface area contributed by atoms with Gasteiger partial charge in [0.1, 0.15) is 0 Å². The number of ether oxygens (including phenoxy) is 3. The van der Waals surface area contributed by atoms with Crippen molar-refractivity contribution in [1.29, 1.82) is 0 Å². The molecule has 1 aliphatic carbocycles. The van der Waals surface area contributed by atoms with Crippen molar-refractivity contribution in [2.45, 2.75) is 38.5 Å². The number of ketones is 1. The van der Waals surface area contributed by atoms with Crippen LogP contribution in [-0.4, -0.2) is 32.6 Å². The Labute approximate surface area is 204 Å². The van der Waals surface area contributed by atoms with Gasteiger partial charge in [-0.25, -0.2) is 4.79 Å². The first-order valence-corrected chi connectivity index (χ1v) is 11.6. The summed E-state index contributed by atoms with van der Waals surface area (Å²) < 4.78 is 16.6. The smallest absolute Gasteiger partial charge is 0.336 e. The van der Waals surface area contributed by atoms with Crippen LogP contribution in [0.1, 0.15) is 49.7 Å². The number of methoxy groups -OCH3 is 2. The molecule has 1 aliphatic heterocycles. The molecule has 2 aromatic rings. The number of halogens is 1. The number of hydrogen-bond acceptors (Lipinski definition) is 6. The minimum Gasteiger partial charge on any atom is -0.493 e. The molecule has 0 amide bonds. The molecule has 0 bridgehead atoms. The van der Waals surface area contributed by atoms with Crippen LogP contribution >= 0.6 is 11.6 Å². The Balaban J connectivity index is 1.86. The van der Waals surface area contributed by atoms with Crippen molar-refractivity contribution in [3.63, 3.8) is 0 Å². The van der Waals surface area contributed by atoms with Gasteiger partial charge in [-0.2, -0.15) is 0 Å². The molecule has 1 N–H and O–H groups in total. The number of carbonyl (C=O) groups is 2. The Bertz CT molecular complexity index is 1180. The summed E-state index contributed by atoms with van der Waals surface area (Å²) in [5.41, 5.74) is 4.21. The van der Waals surface area contributed by atoms with Gasteiger partial charge in [0.2, 0.25) is 0 Å². The number of dihydropyridines is 1. The van der Waals surface area contributed by atoms with Crippen molar-refractivity contribution in [1.82, 2.24) is 5.32 Å². The summed E-state index contributed by atoms with van der Waals surface area (Å²) in [5, 5.41) is 4.01. The summed E-state index contributed by atoms with van der Waals surface area (Å²) >= 11 is 6.06. The van der Waals surface area contributed by atoms with Crippen LogP contribution in [-0.2, 0) is 14.3 Å². The quantitative estimate of drug-likeness (QED) is 0.566. The molecule has 2 atom stereocenters. The summed E-state index contributed by atoms with van der Waals surface area (Å²) in [7, 11) is 3.11. The van der Waals surface area contributed by atoms with Crippen LogP contribution in [0.15, 0.2) is 65.0 Å². The minimum atomic E-state index is -0.626. The Morgan fingerprint density at radius 1 is 1.09 bits per heavy atom. The third-order valence-electron chi connectivity index (χ3n) is 6.41. The van der Waals surface area contributed by atoms with Gasteiger partial charge in [0.15, 0.2) is 17.3 Å². The van der Waals surface area contributed by atoms with Crippen molar-refractivity contribution >= 4 is 23.4 Å². The van der Waals surface area contributed by atoms with Gasteiger partial charge in [-0.3, -0.25) is 4.79 Å². The molecule has 0 unspecified atom stereocenters. The van der Waals surface area contributed by atoms with E-state index in [1.165, 1.54) is 0 Å². The highest BCUT2D eigenvalue weighted by Gasteiger charge is 2.42. The predicted octanol–water partition coefficient (Wildman–Crippen LogP) is 5.28. The number of para-hydroxylation sites is 1. The van der Waals surface area contributed by atoms with E-state index in [9.17, 15) is 9.59 Å². The van der Waals surface area contributed by atoms with Gasteiger partial charge in [-0.15, -0.1) is 0 Å². The van der Waals surface area contributed by atoms with E-state index in [1.54, 1.807) is 27.2 Å². The molecule has 4 rings (SSSR count). The van der Waals surface area contributed by atoms with E-state index in [-0.39, 0.29) is 18.3 Å². The fourth-order valence-corrected chi connectivity index (χ4v) is 5.07. The molecule has 0 saturated heterocycles. The van der Waals surface area contributed by atoms with Crippen LogP contribution in [0.3, 0.4) is 0 Å². The summed E-state index contributed by atoms with van der Waals surface area (Å²) in [5.74, 6) is -0.0610.